The van der Waals surface area contributed by atoms with E-state index in [0.29, 0.717) is 0 Å². The lowest BCUT2D eigenvalue weighted by molar-refractivity contribution is 1.18. The van der Waals surface area contributed by atoms with E-state index in [4.69, 9.17) is 0 Å². The molecule has 2 nitrogen and oxygen atoms in total. The molecule has 0 spiro atoms. The number of fused-ring (bicyclic) bond motifs is 11. The first-order valence-electron chi connectivity index (χ1n) is 17.4. The normalized spacial score (nSPS) is 11.9. The van der Waals surface area contributed by atoms with E-state index >= 15 is 0 Å². The Bertz CT molecular complexity index is 3150. The molecule has 0 aliphatic rings. The number of nitrogens with zero attached hydrogens (tertiary/aromatic N) is 2. The SMILES string of the molecule is c1ccc(N(c2ccc3sc4c5ccccc5ccc4c3c2)c2ccc3c(c2)c2c4ccccc4ccc2n3-c2ccc3ccccc3c2)cc1. The molecule has 0 amide bonds. The van der Waals surface area contributed by atoms with Crippen molar-refractivity contribution in [2.45, 2.75) is 0 Å². The number of benzene rings is 9. The fraction of sp³-hybridized carbons (Fsp3) is 0. The van der Waals surface area contributed by atoms with Crippen LogP contribution in [-0.2, 0) is 0 Å². The first kappa shape index (κ1) is 28.4. The van der Waals surface area contributed by atoms with Gasteiger partial charge in [-0.2, -0.15) is 0 Å². The zero-order chi connectivity index (χ0) is 33.5. The standard InChI is InChI=1S/C48H30N2S/c1-2-14-35(15-3-1)49(38-23-27-46-42(29-38)41-24-19-33-12-7-9-17-40(33)48(41)51-46)37-22-26-44-43(30-37)47-39-16-8-6-11-32(39)20-25-45(47)50(44)36-21-18-31-10-4-5-13-34(31)28-36/h1-30H. The van der Waals surface area contributed by atoms with Crippen molar-refractivity contribution in [3.8, 4) is 5.69 Å². The molecule has 0 N–H and O–H groups in total. The van der Waals surface area contributed by atoms with Crippen molar-refractivity contribution < 1.29 is 0 Å². The van der Waals surface area contributed by atoms with Gasteiger partial charge in [-0.25, -0.2) is 0 Å². The molecule has 0 aliphatic heterocycles. The number of rotatable bonds is 4. The van der Waals surface area contributed by atoms with Gasteiger partial charge in [-0.15, -0.1) is 11.3 Å². The van der Waals surface area contributed by atoms with Crippen LogP contribution in [0.1, 0.15) is 0 Å². The third-order valence-electron chi connectivity index (χ3n) is 10.5. The molecule has 0 bridgehead atoms. The Morgan fingerprint density at radius 1 is 0.373 bits per heavy atom. The molecule has 0 saturated carbocycles. The minimum Gasteiger partial charge on any atom is -0.310 e. The van der Waals surface area contributed by atoms with Crippen LogP contribution in [0.3, 0.4) is 0 Å². The quantitative estimate of drug-likeness (QED) is 0.181. The third-order valence-corrected chi connectivity index (χ3v) is 11.7. The molecule has 2 aromatic heterocycles. The van der Waals surface area contributed by atoms with Crippen LogP contribution in [0.2, 0.25) is 0 Å². The van der Waals surface area contributed by atoms with E-state index < -0.39 is 0 Å². The summed E-state index contributed by atoms with van der Waals surface area (Å²) >= 11 is 1.89. The zero-order valence-corrected chi connectivity index (χ0v) is 28.4. The van der Waals surface area contributed by atoms with E-state index in [1.807, 2.05) is 11.3 Å². The Labute approximate surface area is 298 Å². The largest absolute Gasteiger partial charge is 0.310 e. The number of anilines is 3. The van der Waals surface area contributed by atoms with E-state index in [9.17, 15) is 0 Å². The van der Waals surface area contributed by atoms with Gasteiger partial charge in [0.2, 0.25) is 0 Å². The van der Waals surface area contributed by atoms with Crippen LogP contribution in [0.15, 0.2) is 182 Å². The predicted octanol–water partition coefficient (Wildman–Crippen LogP) is 14.1. The second-order valence-corrected chi connectivity index (χ2v) is 14.4. The fourth-order valence-corrected chi connectivity index (χ4v) is 9.39. The summed E-state index contributed by atoms with van der Waals surface area (Å²) in [6, 6.07) is 66.8. The molecular weight excluding hydrogens is 637 g/mol. The topological polar surface area (TPSA) is 8.17 Å². The van der Waals surface area contributed by atoms with Gasteiger partial charge in [0.05, 0.1) is 11.0 Å². The molecule has 238 valence electrons. The number of para-hydroxylation sites is 1. The van der Waals surface area contributed by atoms with Crippen molar-refractivity contribution in [1.82, 2.24) is 4.57 Å². The summed E-state index contributed by atoms with van der Waals surface area (Å²) in [5.74, 6) is 0. The third kappa shape index (κ3) is 4.35. The maximum Gasteiger partial charge on any atom is 0.0547 e. The minimum atomic E-state index is 1.13. The lowest BCUT2D eigenvalue weighted by Gasteiger charge is -2.26. The molecule has 0 saturated heterocycles. The average Bonchev–Trinajstić information content (AvgIpc) is 3.74. The second kappa shape index (κ2) is 11.0. The molecule has 3 heteroatoms. The van der Waals surface area contributed by atoms with Crippen LogP contribution in [-0.4, -0.2) is 4.57 Å². The Hall–Kier alpha value is -6.42. The van der Waals surface area contributed by atoms with Gasteiger partial charge in [0.1, 0.15) is 0 Å². The Kier molecular flexibility index (Phi) is 6.16. The van der Waals surface area contributed by atoms with Crippen molar-refractivity contribution >= 4 is 103 Å². The summed E-state index contributed by atoms with van der Waals surface area (Å²) in [5, 5.41) is 12.7. The van der Waals surface area contributed by atoms with E-state index in [1.165, 1.54) is 80.0 Å². The summed E-state index contributed by atoms with van der Waals surface area (Å²) in [4.78, 5) is 2.41. The van der Waals surface area contributed by atoms with E-state index in [2.05, 4.69) is 191 Å². The molecule has 0 fully saturated rings. The Morgan fingerprint density at radius 3 is 1.84 bits per heavy atom. The van der Waals surface area contributed by atoms with Gasteiger partial charge >= 0.3 is 0 Å². The van der Waals surface area contributed by atoms with Crippen LogP contribution in [0.25, 0.3) is 80.0 Å². The molecule has 11 rings (SSSR count). The van der Waals surface area contributed by atoms with Gasteiger partial charge in [-0.3, -0.25) is 0 Å². The summed E-state index contributed by atoms with van der Waals surface area (Å²) in [6.45, 7) is 0. The first-order chi connectivity index (χ1) is 25.3. The number of hydrogen-bond acceptors (Lipinski definition) is 2. The van der Waals surface area contributed by atoms with Gasteiger partial charge < -0.3 is 9.47 Å². The number of thiophene rings is 1. The van der Waals surface area contributed by atoms with Gasteiger partial charge in [-0.1, -0.05) is 115 Å². The molecular formula is C48H30N2S. The monoisotopic (exact) mass is 666 g/mol. The van der Waals surface area contributed by atoms with Crippen molar-refractivity contribution in [2.24, 2.45) is 0 Å². The highest BCUT2D eigenvalue weighted by Gasteiger charge is 2.20. The predicted molar refractivity (Wildman–Crippen MR) is 221 cm³/mol. The first-order valence-corrected chi connectivity index (χ1v) is 18.2. The molecule has 0 aliphatic carbocycles. The van der Waals surface area contributed by atoms with Crippen molar-refractivity contribution in [2.75, 3.05) is 4.90 Å². The van der Waals surface area contributed by atoms with E-state index in [1.54, 1.807) is 0 Å². The van der Waals surface area contributed by atoms with Crippen LogP contribution in [0.4, 0.5) is 17.1 Å². The van der Waals surface area contributed by atoms with Gasteiger partial charge in [0.25, 0.3) is 0 Å². The summed E-state index contributed by atoms with van der Waals surface area (Å²) in [6.07, 6.45) is 0. The van der Waals surface area contributed by atoms with Gasteiger partial charge in [0, 0.05) is 53.7 Å². The van der Waals surface area contributed by atoms with Crippen molar-refractivity contribution in [3.05, 3.63) is 182 Å². The Balaban J connectivity index is 1.17. The molecule has 11 aromatic rings. The van der Waals surface area contributed by atoms with Crippen molar-refractivity contribution in [1.29, 1.82) is 0 Å². The molecule has 0 radical (unpaired) electrons. The van der Waals surface area contributed by atoms with E-state index in [0.717, 1.165) is 17.1 Å². The summed E-state index contributed by atoms with van der Waals surface area (Å²) in [5.41, 5.74) is 6.97. The highest BCUT2D eigenvalue weighted by atomic mass is 32.1. The summed E-state index contributed by atoms with van der Waals surface area (Å²) in [7, 11) is 0. The summed E-state index contributed by atoms with van der Waals surface area (Å²) < 4.78 is 5.09. The lowest BCUT2D eigenvalue weighted by Crippen LogP contribution is -2.09. The van der Waals surface area contributed by atoms with E-state index in [-0.39, 0.29) is 0 Å². The van der Waals surface area contributed by atoms with Crippen LogP contribution in [0, 0.1) is 0 Å². The smallest absolute Gasteiger partial charge is 0.0547 e. The maximum absolute atomic E-state index is 2.44. The van der Waals surface area contributed by atoms with Crippen LogP contribution in [0.5, 0.6) is 0 Å². The second-order valence-electron chi connectivity index (χ2n) is 13.4. The van der Waals surface area contributed by atoms with Crippen molar-refractivity contribution in [3.63, 3.8) is 0 Å². The number of aromatic nitrogens is 1. The van der Waals surface area contributed by atoms with Gasteiger partial charge in [0.15, 0.2) is 0 Å². The van der Waals surface area contributed by atoms with Gasteiger partial charge in [-0.05, 0) is 99.0 Å². The number of hydrogen-bond donors (Lipinski definition) is 0. The highest BCUT2D eigenvalue weighted by molar-refractivity contribution is 7.26. The average molecular weight is 667 g/mol. The highest BCUT2D eigenvalue weighted by Crippen LogP contribution is 2.45. The molecule has 0 atom stereocenters. The van der Waals surface area contributed by atoms with Crippen LogP contribution < -0.4 is 4.90 Å². The minimum absolute atomic E-state index is 1.13. The molecule has 9 aromatic carbocycles. The molecule has 0 unspecified atom stereocenters. The fourth-order valence-electron chi connectivity index (χ4n) is 8.17. The molecule has 51 heavy (non-hydrogen) atoms. The molecule has 2 heterocycles. The zero-order valence-electron chi connectivity index (χ0n) is 27.6. The lowest BCUT2D eigenvalue weighted by atomic mass is 10.0. The maximum atomic E-state index is 2.44. The van der Waals surface area contributed by atoms with Crippen LogP contribution >= 0.6 is 11.3 Å². The Morgan fingerprint density at radius 2 is 1.00 bits per heavy atom.